The highest BCUT2D eigenvalue weighted by atomic mass is 16.5. The molecule has 0 unspecified atom stereocenters. The molecule has 86 valence electrons. The van der Waals surface area contributed by atoms with Crippen molar-refractivity contribution in [1.82, 2.24) is 0 Å². The van der Waals surface area contributed by atoms with Gasteiger partial charge in [0, 0.05) is 6.20 Å². The van der Waals surface area contributed by atoms with E-state index in [-0.39, 0.29) is 0 Å². The van der Waals surface area contributed by atoms with E-state index in [9.17, 15) is 0 Å². The third-order valence-corrected chi connectivity index (χ3v) is 2.22. The van der Waals surface area contributed by atoms with Gasteiger partial charge in [0.2, 0.25) is 0 Å². The van der Waals surface area contributed by atoms with E-state index in [1.807, 2.05) is 37.3 Å². The number of benzene rings is 1. The van der Waals surface area contributed by atoms with Crippen LogP contribution in [0.2, 0.25) is 0 Å². The standard InChI is InChI=1S/C13H18N2O/c1-3-4-11-7-13(6-5-10(11)2)16-9-12(15)8-14/h3-8H,9,14-15H2,1-2H3/b4-3-,12-8-. The Balaban J connectivity index is 2.78. The van der Waals surface area contributed by atoms with Crippen molar-refractivity contribution in [3.05, 3.63) is 47.3 Å². The van der Waals surface area contributed by atoms with Crippen molar-refractivity contribution in [3.63, 3.8) is 0 Å². The molecule has 0 aliphatic carbocycles. The van der Waals surface area contributed by atoms with Gasteiger partial charge in [-0.25, -0.2) is 0 Å². The number of nitrogens with two attached hydrogens (primary N) is 2. The van der Waals surface area contributed by atoms with Crippen molar-refractivity contribution in [3.8, 4) is 5.75 Å². The fourth-order valence-electron chi connectivity index (χ4n) is 1.28. The van der Waals surface area contributed by atoms with E-state index in [2.05, 4.69) is 6.92 Å². The van der Waals surface area contributed by atoms with E-state index in [1.165, 1.54) is 11.8 Å². The van der Waals surface area contributed by atoms with Crippen LogP contribution in [-0.4, -0.2) is 6.61 Å². The summed E-state index contributed by atoms with van der Waals surface area (Å²) in [4.78, 5) is 0. The molecular formula is C13H18N2O. The number of hydrogen-bond acceptors (Lipinski definition) is 3. The van der Waals surface area contributed by atoms with Crippen LogP contribution in [0.25, 0.3) is 6.08 Å². The van der Waals surface area contributed by atoms with Gasteiger partial charge in [-0.15, -0.1) is 0 Å². The topological polar surface area (TPSA) is 61.3 Å². The highest BCUT2D eigenvalue weighted by molar-refractivity contribution is 5.55. The monoisotopic (exact) mass is 218 g/mol. The lowest BCUT2D eigenvalue weighted by atomic mass is 10.1. The third kappa shape index (κ3) is 3.35. The fraction of sp³-hybridized carbons (Fsp3) is 0.231. The zero-order valence-electron chi connectivity index (χ0n) is 9.73. The molecule has 3 heteroatoms. The SMILES string of the molecule is C/C=C\c1cc(OC/C(N)=C/N)ccc1C. The van der Waals surface area contributed by atoms with Gasteiger partial charge in [0.1, 0.15) is 12.4 Å². The number of rotatable bonds is 4. The minimum absolute atomic E-state index is 0.314. The zero-order chi connectivity index (χ0) is 12.0. The summed E-state index contributed by atoms with van der Waals surface area (Å²) in [6.07, 6.45) is 5.39. The number of aryl methyl sites for hydroxylation is 1. The van der Waals surface area contributed by atoms with Crippen molar-refractivity contribution in [2.75, 3.05) is 6.61 Å². The molecule has 0 spiro atoms. The van der Waals surface area contributed by atoms with Crippen molar-refractivity contribution >= 4 is 6.08 Å². The molecule has 0 atom stereocenters. The van der Waals surface area contributed by atoms with Gasteiger partial charge in [0.05, 0.1) is 5.70 Å². The van der Waals surface area contributed by atoms with Gasteiger partial charge < -0.3 is 16.2 Å². The molecule has 0 saturated carbocycles. The maximum absolute atomic E-state index is 5.54. The zero-order valence-corrected chi connectivity index (χ0v) is 9.73. The Morgan fingerprint density at radius 1 is 1.44 bits per heavy atom. The number of ether oxygens (including phenoxy) is 1. The van der Waals surface area contributed by atoms with Gasteiger partial charge in [0.25, 0.3) is 0 Å². The lowest BCUT2D eigenvalue weighted by Crippen LogP contribution is -2.10. The van der Waals surface area contributed by atoms with Crippen LogP contribution in [0.3, 0.4) is 0 Å². The Bertz CT molecular complexity index is 408. The first-order valence-corrected chi connectivity index (χ1v) is 5.19. The van der Waals surface area contributed by atoms with Crippen LogP contribution < -0.4 is 16.2 Å². The maximum atomic E-state index is 5.54. The van der Waals surface area contributed by atoms with Crippen molar-refractivity contribution in [2.24, 2.45) is 11.5 Å². The summed E-state index contributed by atoms with van der Waals surface area (Å²) in [5, 5.41) is 0. The van der Waals surface area contributed by atoms with E-state index in [4.69, 9.17) is 16.2 Å². The molecule has 0 fully saturated rings. The third-order valence-electron chi connectivity index (χ3n) is 2.22. The van der Waals surface area contributed by atoms with Gasteiger partial charge in [-0.05, 0) is 37.1 Å². The second-order valence-corrected chi connectivity index (χ2v) is 3.55. The van der Waals surface area contributed by atoms with Gasteiger partial charge in [0.15, 0.2) is 0 Å². The Hall–Kier alpha value is -1.90. The average molecular weight is 218 g/mol. The summed E-state index contributed by atoms with van der Waals surface area (Å²) in [6, 6.07) is 5.93. The quantitative estimate of drug-likeness (QED) is 0.814. The largest absolute Gasteiger partial charge is 0.487 e. The summed E-state index contributed by atoms with van der Waals surface area (Å²) in [6.45, 7) is 4.37. The van der Waals surface area contributed by atoms with Crippen LogP contribution in [-0.2, 0) is 0 Å². The molecule has 0 saturated heterocycles. The summed E-state index contributed by atoms with van der Waals surface area (Å²) in [7, 11) is 0. The normalized spacial score (nSPS) is 12.0. The first kappa shape index (κ1) is 12.2. The summed E-state index contributed by atoms with van der Waals surface area (Å²) in [5.74, 6) is 0.795. The summed E-state index contributed by atoms with van der Waals surface area (Å²) < 4.78 is 5.49. The predicted molar refractivity (Wildman–Crippen MR) is 67.8 cm³/mol. The Kier molecular flexibility index (Phi) is 4.45. The van der Waals surface area contributed by atoms with Gasteiger partial charge in [-0.2, -0.15) is 0 Å². The van der Waals surface area contributed by atoms with Crippen LogP contribution in [0, 0.1) is 6.92 Å². The molecule has 0 bridgehead atoms. The van der Waals surface area contributed by atoms with Crippen molar-refractivity contribution in [1.29, 1.82) is 0 Å². The first-order chi connectivity index (χ1) is 7.67. The van der Waals surface area contributed by atoms with Crippen LogP contribution in [0.5, 0.6) is 5.75 Å². The van der Waals surface area contributed by atoms with E-state index >= 15 is 0 Å². The minimum atomic E-state index is 0.314. The van der Waals surface area contributed by atoms with Crippen molar-refractivity contribution in [2.45, 2.75) is 13.8 Å². The first-order valence-electron chi connectivity index (χ1n) is 5.19. The van der Waals surface area contributed by atoms with Crippen LogP contribution in [0.4, 0.5) is 0 Å². The molecule has 4 N–H and O–H groups in total. The van der Waals surface area contributed by atoms with Crippen LogP contribution in [0.1, 0.15) is 18.1 Å². The van der Waals surface area contributed by atoms with Gasteiger partial charge in [-0.1, -0.05) is 18.2 Å². The van der Waals surface area contributed by atoms with E-state index in [0.717, 1.165) is 11.3 Å². The lowest BCUT2D eigenvalue weighted by molar-refractivity contribution is 0.350. The molecule has 16 heavy (non-hydrogen) atoms. The summed E-state index contributed by atoms with van der Waals surface area (Å²) in [5.41, 5.74) is 13.7. The Morgan fingerprint density at radius 2 is 2.19 bits per heavy atom. The lowest BCUT2D eigenvalue weighted by Gasteiger charge is -2.08. The highest BCUT2D eigenvalue weighted by Gasteiger charge is 1.99. The van der Waals surface area contributed by atoms with Crippen LogP contribution >= 0.6 is 0 Å². The highest BCUT2D eigenvalue weighted by Crippen LogP contribution is 2.18. The maximum Gasteiger partial charge on any atom is 0.129 e. The second kappa shape index (κ2) is 5.85. The minimum Gasteiger partial charge on any atom is -0.487 e. The predicted octanol–water partition coefficient (Wildman–Crippen LogP) is 2.17. The Morgan fingerprint density at radius 3 is 2.81 bits per heavy atom. The van der Waals surface area contributed by atoms with E-state index < -0.39 is 0 Å². The second-order valence-electron chi connectivity index (χ2n) is 3.55. The molecule has 0 aromatic heterocycles. The van der Waals surface area contributed by atoms with E-state index in [0.29, 0.717) is 12.3 Å². The molecule has 0 heterocycles. The molecule has 0 aliphatic rings. The molecular weight excluding hydrogens is 200 g/mol. The molecule has 0 amide bonds. The molecule has 1 aromatic carbocycles. The molecule has 1 rings (SSSR count). The average Bonchev–Trinajstić information content (AvgIpc) is 2.30. The van der Waals surface area contributed by atoms with Crippen LogP contribution in [0.15, 0.2) is 36.2 Å². The van der Waals surface area contributed by atoms with Gasteiger partial charge >= 0.3 is 0 Å². The molecule has 0 aliphatic heterocycles. The summed E-state index contributed by atoms with van der Waals surface area (Å²) >= 11 is 0. The Labute approximate surface area is 96.4 Å². The molecule has 3 nitrogen and oxygen atoms in total. The number of allylic oxidation sites excluding steroid dienone is 1. The number of hydrogen-bond donors (Lipinski definition) is 2. The molecule has 1 aromatic rings. The molecule has 0 radical (unpaired) electrons. The van der Waals surface area contributed by atoms with Gasteiger partial charge in [-0.3, -0.25) is 0 Å². The smallest absolute Gasteiger partial charge is 0.129 e. The van der Waals surface area contributed by atoms with Crippen molar-refractivity contribution < 1.29 is 4.74 Å². The fourth-order valence-corrected chi connectivity index (χ4v) is 1.28. The van der Waals surface area contributed by atoms with E-state index in [1.54, 1.807) is 0 Å².